The number of nitrogens with one attached hydrogen (secondary N) is 3. The first kappa shape index (κ1) is 22.1. The third kappa shape index (κ3) is 5.97. The van der Waals surface area contributed by atoms with Crippen LogP contribution in [0.1, 0.15) is 37.7 Å². The summed E-state index contributed by atoms with van der Waals surface area (Å²) in [7, 11) is 1.73. The van der Waals surface area contributed by atoms with Gasteiger partial charge in [-0.15, -0.1) is 6.42 Å². The second kappa shape index (κ2) is 11.0. The molecule has 7 heteroatoms. The topological polar surface area (TPSA) is 78.0 Å². The molecule has 1 aromatic rings. The van der Waals surface area contributed by atoms with Crippen LogP contribution in [-0.2, 0) is 9.53 Å². The highest BCUT2D eigenvalue weighted by atomic mass is 16.5. The fourth-order valence-electron chi connectivity index (χ4n) is 4.38. The van der Waals surface area contributed by atoms with Gasteiger partial charge in [-0.1, -0.05) is 31.2 Å². The molecule has 0 aromatic heterocycles. The average Bonchev–Trinajstić information content (AvgIpc) is 2.80. The van der Waals surface area contributed by atoms with E-state index in [2.05, 4.69) is 31.8 Å². The van der Waals surface area contributed by atoms with Crippen molar-refractivity contribution < 1.29 is 9.53 Å². The van der Waals surface area contributed by atoms with Crippen LogP contribution in [0.5, 0.6) is 0 Å². The number of hydrogen-bond acceptors (Lipinski definition) is 4. The summed E-state index contributed by atoms with van der Waals surface area (Å²) in [5, 5.41) is 9.44. The maximum Gasteiger partial charge on any atom is 0.243 e. The summed E-state index contributed by atoms with van der Waals surface area (Å²) < 4.78 is 5.56. The highest BCUT2D eigenvalue weighted by Gasteiger charge is 2.38. The van der Waals surface area contributed by atoms with Gasteiger partial charge in [0.2, 0.25) is 5.91 Å². The maximum atomic E-state index is 12.3. The number of guanidine groups is 1. The van der Waals surface area contributed by atoms with Crippen molar-refractivity contribution in [3.05, 3.63) is 29.8 Å². The van der Waals surface area contributed by atoms with E-state index in [1.54, 1.807) is 13.1 Å². The van der Waals surface area contributed by atoms with Gasteiger partial charge in [0.05, 0.1) is 19.8 Å². The Kier molecular flexibility index (Phi) is 8.12. The van der Waals surface area contributed by atoms with Crippen LogP contribution in [0.15, 0.2) is 29.3 Å². The van der Waals surface area contributed by atoms with Crippen molar-refractivity contribution in [2.45, 2.75) is 37.6 Å². The Hall–Kier alpha value is -2.56. The van der Waals surface area contributed by atoms with Gasteiger partial charge in [-0.2, -0.15) is 0 Å². The lowest BCUT2D eigenvalue weighted by molar-refractivity contribution is -0.115. The number of ether oxygens (including phenoxy) is 1. The van der Waals surface area contributed by atoms with Crippen molar-refractivity contribution in [1.82, 2.24) is 15.5 Å². The lowest BCUT2D eigenvalue weighted by Gasteiger charge is -2.48. The molecule has 1 heterocycles. The fraction of sp³-hybridized carbons (Fsp3) is 0.565. The number of terminal acetylenes is 1. The molecule has 2 aliphatic rings. The van der Waals surface area contributed by atoms with E-state index in [9.17, 15) is 4.79 Å². The van der Waals surface area contributed by atoms with Gasteiger partial charge in [0.1, 0.15) is 0 Å². The van der Waals surface area contributed by atoms with Crippen molar-refractivity contribution in [2.75, 3.05) is 51.8 Å². The number of carbonyl (C=O) groups is 1. The molecule has 162 valence electrons. The van der Waals surface area contributed by atoms with Gasteiger partial charge in [-0.3, -0.25) is 14.7 Å². The first-order chi connectivity index (χ1) is 14.6. The lowest BCUT2D eigenvalue weighted by atomic mass is 9.80. The van der Waals surface area contributed by atoms with E-state index in [-0.39, 0.29) is 18.0 Å². The van der Waals surface area contributed by atoms with Gasteiger partial charge in [0.25, 0.3) is 0 Å². The molecular formula is C23H33N5O2. The zero-order valence-electron chi connectivity index (χ0n) is 17.9. The predicted molar refractivity (Wildman–Crippen MR) is 121 cm³/mol. The van der Waals surface area contributed by atoms with Crippen LogP contribution in [0.2, 0.25) is 0 Å². The van der Waals surface area contributed by atoms with Crippen LogP contribution < -0.4 is 16.0 Å². The minimum atomic E-state index is -0.146. The fourth-order valence-corrected chi connectivity index (χ4v) is 4.38. The maximum absolute atomic E-state index is 12.3. The lowest BCUT2D eigenvalue weighted by Crippen LogP contribution is -2.60. The Morgan fingerprint density at radius 2 is 2.00 bits per heavy atom. The van der Waals surface area contributed by atoms with Crippen molar-refractivity contribution in [2.24, 2.45) is 4.99 Å². The number of rotatable bonds is 6. The number of hydrogen-bond donors (Lipinski definition) is 3. The van der Waals surface area contributed by atoms with E-state index < -0.39 is 0 Å². The van der Waals surface area contributed by atoms with E-state index in [0.29, 0.717) is 11.6 Å². The van der Waals surface area contributed by atoms with Gasteiger partial charge < -0.3 is 20.7 Å². The third-order valence-electron chi connectivity index (χ3n) is 6.00. The number of morpholine rings is 1. The summed E-state index contributed by atoms with van der Waals surface area (Å²) in [5.41, 5.74) is 1.56. The molecule has 0 atom stereocenters. The third-order valence-corrected chi connectivity index (χ3v) is 6.00. The van der Waals surface area contributed by atoms with Gasteiger partial charge in [-0.25, -0.2) is 0 Å². The molecule has 2 fully saturated rings. The summed E-state index contributed by atoms with van der Waals surface area (Å²) in [6, 6.07) is 7.25. The largest absolute Gasteiger partial charge is 0.379 e. The molecular weight excluding hydrogens is 378 g/mol. The number of nitrogens with zero attached hydrogens (tertiary/aromatic N) is 2. The Balaban J connectivity index is 1.51. The van der Waals surface area contributed by atoms with E-state index >= 15 is 0 Å². The standard InChI is InChI=1S/C23H33N5O2/c1-3-19-8-7-9-20(16-19)27-21(29)17-25-22(24-2)26-18-23(10-5-4-6-11-23)28-12-14-30-15-13-28/h1,7-9,16H,4-6,10-15,17-18H2,2H3,(H,27,29)(H2,24,25,26). The highest BCUT2D eigenvalue weighted by molar-refractivity contribution is 5.95. The number of amides is 1. The molecule has 3 N–H and O–H groups in total. The quantitative estimate of drug-likeness (QED) is 0.378. The van der Waals surface area contributed by atoms with E-state index in [1.807, 2.05) is 18.2 Å². The van der Waals surface area contributed by atoms with Crippen LogP contribution in [0.3, 0.4) is 0 Å². The summed E-state index contributed by atoms with van der Waals surface area (Å²) in [4.78, 5) is 19.2. The summed E-state index contributed by atoms with van der Waals surface area (Å²) in [6.45, 7) is 4.51. The normalized spacial score (nSPS) is 19.5. The van der Waals surface area contributed by atoms with Crippen molar-refractivity contribution in [3.63, 3.8) is 0 Å². The Bertz CT molecular complexity index is 774. The molecule has 0 bridgehead atoms. The Labute approximate surface area is 179 Å². The summed E-state index contributed by atoms with van der Waals surface area (Å²) in [6.07, 6.45) is 11.6. The molecule has 7 nitrogen and oxygen atoms in total. The van der Waals surface area contributed by atoms with Crippen LogP contribution in [-0.4, -0.2) is 68.7 Å². The van der Waals surface area contributed by atoms with Crippen molar-refractivity contribution in [3.8, 4) is 12.3 Å². The first-order valence-corrected chi connectivity index (χ1v) is 10.8. The molecule has 0 spiro atoms. The zero-order valence-corrected chi connectivity index (χ0v) is 17.9. The van der Waals surface area contributed by atoms with E-state index in [4.69, 9.17) is 11.2 Å². The van der Waals surface area contributed by atoms with Crippen LogP contribution >= 0.6 is 0 Å². The molecule has 3 rings (SSSR count). The molecule has 1 saturated carbocycles. The van der Waals surface area contributed by atoms with Crippen LogP contribution in [0.4, 0.5) is 5.69 Å². The minimum absolute atomic E-state index is 0.129. The van der Waals surface area contributed by atoms with Crippen molar-refractivity contribution >= 4 is 17.6 Å². The molecule has 0 radical (unpaired) electrons. The molecule has 1 aromatic carbocycles. The summed E-state index contributed by atoms with van der Waals surface area (Å²) >= 11 is 0. The van der Waals surface area contributed by atoms with Gasteiger partial charge in [0.15, 0.2) is 5.96 Å². The average molecular weight is 412 g/mol. The number of aliphatic imine (C=N–C) groups is 1. The zero-order chi connectivity index (χ0) is 21.2. The van der Waals surface area contributed by atoms with Crippen LogP contribution in [0, 0.1) is 12.3 Å². The minimum Gasteiger partial charge on any atom is -0.379 e. The molecule has 1 aliphatic carbocycles. The number of carbonyl (C=O) groups excluding carboxylic acids is 1. The van der Waals surface area contributed by atoms with Crippen LogP contribution in [0.25, 0.3) is 0 Å². The first-order valence-electron chi connectivity index (χ1n) is 10.8. The van der Waals surface area contributed by atoms with E-state index in [1.165, 1.54) is 32.1 Å². The molecule has 0 unspecified atom stereocenters. The molecule has 1 amide bonds. The number of anilines is 1. The molecule has 1 aliphatic heterocycles. The van der Waals surface area contributed by atoms with Gasteiger partial charge >= 0.3 is 0 Å². The smallest absolute Gasteiger partial charge is 0.243 e. The number of benzene rings is 1. The van der Waals surface area contributed by atoms with Gasteiger partial charge in [-0.05, 0) is 31.0 Å². The second-order valence-corrected chi connectivity index (χ2v) is 7.94. The summed E-state index contributed by atoms with van der Waals surface area (Å²) in [5.74, 6) is 3.06. The monoisotopic (exact) mass is 411 g/mol. The second-order valence-electron chi connectivity index (χ2n) is 7.94. The van der Waals surface area contributed by atoms with Gasteiger partial charge in [0, 0.05) is 43.5 Å². The van der Waals surface area contributed by atoms with Crippen molar-refractivity contribution in [1.29, 1.82) is 0 Å². The Morgan fingerprint density at radius 3 is 2.70 bits per heavy atom. The highest BCUT2D eigenvalue weighted by Crippen LogP contribution is 2.33. The SMILES string of the molecule is C#Cc1cccc(NC(=O)CNC(=NC)NCC2(N3CCOCC3)CCCCC2)c1. The Morgan fingerprint density at radius 1 is 1.23 bits per heavy atom. The van der Waals surface area contributed by atoms with E-state index in [0.717, 1.165) is 38.4 Å². The molecule has 30 heavy (non-hydrogen) atoms. The predicted octanol–water partition coefficient (Wildman–Crippen LogP) is 1.81. The molecule has 1 saturated heterocycles.